The van der Waals surface area contributed by atoms with Gasteiger partial charge in [0.1, 0.15) is 0 Å². The van der Waals surface area contributed by atoms with E-state index in [0.717, 1.165) is 38.7 Å². The van der Waals surface area contributed by atoms with Gasteiger partial charge < -0.3 is 19.5 Å². The summed E-state index contributed by atoms with van der Waals surface area (Å²) in [5.41, 5.74) is 2.49. The highest BCUT2D eigenvalue weighted by molar-refractivity contribution is 5.80. The summed E-state index contributed by atoms with van der Waals surface area (Å²) in [4.78, 5) is 11.3. The average Bonchev–Trinajstić information content (AvgIpc) is 3.31. The zero-order chi connectivity index (χ0) is 18.2. The van der Waals surface area contributed by atoms with Gasteiger partial charge >= 0.3 is 0 Å². The molecule has 1 fully saturated rings. The smallest absolute Gasteiger partial charge is 0.194 e. The summed E-state index contributed by atoms with van der Waals surface area (Å²) in [5.74, 6) is 1.61. The van der Waals surface area contributed by atoms with Crippen molar-refractivity contribution in [2.75, 3.05) is 33.4 Å². The zero-order valence-electron chi connectivity index (χ0n) is 15.8. The molecule has 0 spiro atoms. The molecule has 2 aromatic rings. The summed E-state index contributed by atoms with van der Waals surface area (Å²) in [7, 11) is 1.78. The van der Waals surface area contributed by atoms with Crippen LogP contribution in [-0.4, -0.2) is 53.8 Å². The zero-order valence-corrected chi connectivity index (χ0v) is 15.8. The fourth-order valence-corrected chi connectivity index (χ4v) is 3.41. The van der Waals surface area contributed by atoms with E-state index in [4.69, 9.17) is 9.73 Å². The maximum Gasteiger partial charge on any atom is 0.194 e. The normalized spacial score (nSPS) is 17.7. The van der Waals surface area contributed by atoms with E-state index in [-0.39, 0.29) is 0 Å². The van der Waals surface area contributed by atoms with E-state index in [1.807, 2.05) is 18.7 Å². The lowest BCUT2D eigenvalue weighted by Gasteiger charge is -2.21. The predicted molar refractivity (Wildman–Crippen MR) is 104 cm³/mol. The number of rotatable bonds is 7. The first-order valence-electron chi connectivity index (χ1n) is 9.34. The van der Waals surface area contributed by atoms with Crippen LogP contribution in [0.4, 0.5) is 0 Å². The molecular weight excluding hydrogens is 326 g/mol. The van der Waals surface area contributed by atoms with Gasteiger partial charge in [-0.1, -0.05) is 24.3 Å². The fraction of sp³-hybridized carbons (Fsp3) is 0.500. The summed E-state index contributed by atoms with van der Waals surface area (Å²) in [6.45, 7) is 7.40. The van der Waals surface area contributed by atoms with Crippen LogP contribution >= 0.6 is 0 Å². The standard InChI is InChI=1S/C20H29N5O/c1-3-22-20(25-9-7-19(14-25)15-26-2)23-12-17-5-4-6-18(11-17)13-24-10-8-21-16-24/h4-6,8,10-11,16,19H,3,7,9,12-15H2,1-2H3,(H,22,23). The number of nitrogens with zero attached hydrogens (tertiary/aromatic N) is 4. The van der Waals surface area contributed by atoms with Gasteiger partial charge in [-0.25, -0.2) is 9.98 Å². The molecule has 1 aliphatic heterocycles. The van der Waals surface area contributed by atoms with Crippen molar-refractivity contribution < 1.29 is 4.74 Å². The lowest BCUT2D eigenvalue weighted by atomic mass is 10.1. The summed E-state index contributed by atoms with van der Waals surface area (Å²) in [6, 6.07) is 8.62. The Morgan fingerprint density at radius 2 is 2.27 bits per heavy atom. The lowest BCUT2D eigenvalue weighted by Crippen LogP contribution is -2.40. The minimum atomic E-state index is 0.599. The number of ether oxygens (including phenoxy) is 1. The third-order valence-electron chi connectivity index (χ3n) is 4.65. The van der Waals surface area contributed by atoms with E-state index in [2.05, 4.69) is 51.0 Å². The van der Waals surface area contributed by atoms with E-state index in [0.29, 0.717) is 12.5 Å². The van der Waals surface area contributed by atoms with Crippen molar-refractivity contribution in [1.29, 1.82) is 0 Å². The van der Waals surface area contributed by atoms with Crippen molar-refractivity contribution in [3.8, 4) is 0 Å². The van der Waals surface area contributed by atoms with Gasteiger partial charge in [-0.15, -0.1) is 0 Å². The third-order valence-corrected chi connectivity index (χ3v) is 4.65. The molecule has 1 aromatic carbocycles. The third kappa shape index (κ3) is 5.08. The molecule has 1 N–H and O–H groups in total. The van der Waals surface area contributed by atoms with Crippen molar-refractivity contribution in [2.45, 2.75) is 26.4 Å². The largest absolute Gasteiger partial charge is 0.384 e. The van der Waals surface area contributed by atoms with E-state index in [1.165, 1.54) is 17.5 Å². The van der Waals surface area contributed by atoms with Crippen LogP contribution in [0.5, 0.6) is 0 Å². The lowest BCUT2D eigenvalue weighted by molar-refractivity contribution is 0.157. The Morgan fingerprint density at radius 3 is 3.04 bits per heavy atom. The summed E-state index contributed by atoms with van der Waals surface area (Å²) in [5, 5.41) is 3.43. The Kier molecular flexibility index (Phi) is 6.66. The number of benzene rings is 1. The fourth-order valence-electron chi connectivity index (χ4n) is 3.41. The first-order valence-corrected chi connectivity index (χ1v) is 9.34. The van der Waals surface area contributed by atoms with Crippen molar-refractivity contribution in [3.05, 3.63) is 54.1 Å². The van der Waals surface area contributed by atoms with Crippen LogP contribution < -0.4 is 5.32 Å². The number of nitrogens with one attached hydrogen (secondary N) is 1. The van der Waals surface area contributed by atoms with Gasteiger partial charge in [0, 0.05) is 51.6 Å². The highest BCUT2D eigenvalue weighted by Crippen LogP contribution is 2.17. The molecule has 1 aliphatic rings. The van der Waals surface area contributed by atoms with Crippen molar-refractivity contribution in [3.63, 3.8) is 0 Å². The maximum atomic E-state index is 5.31. The van der Waals surface area contributed by atoms with Gasteiger partial charge in [-0.05, 0) is 24.5 Å². The highest BCUT2D eigenvalue weighted by atomic mass is 16.5. The molecule has 2 heterocycles. The quantitative estimate of drug-likeness (QED) is 0.612. The maximum absolute atomic E-state index is 5.31. The molecule has 0 bridgehead atoms. The van der Waals surface area contributed by atoms with E-state index >= 15 is 0 Å². The van der Waals surface area contributed by atoms with Crippen LogP contribution in [0, 0.1) is 5.92 Å². The van der Waals surface area contributed by atoms with Gasteiger partial charge in [0.05, 0.1) is 19.5 Å². The van der Waals surface area contributed by atoms with Crippen LogP contribution in [0.15, 0.2) is 48.0 Å². The molecule has 6 heteroatoms. The first kappa shape index (κ1) is 18.5. The number of likely N-dealkylation sites (tertiary alicyclic amines) is 1. The Hall–Kier alpha value is -2.34. The molecule has 1 aromatic heterocycles. The number of hydrogen-bond donors (Lipinski definition) is 1. The molecule has 0 amide bonds. The van der Waals surface area contributed by atoms with Gasteiger partial charge in [0.2, 0.25) is 0 Å². The van der Waals surface area contributed by atoms with E-state index in [1.54, 1.807) is 7.11 Å². The Balaban J connectivity index is 1.64. The molecule has 3 rings (SSSR count). The SMILES string of the molecule is CCNC(=NCc1cccc(Cn2ccnc2)c1)N1CCC(COC)C1. The van der Waals surface area contributed by atoms with E-state index < -0.39 is 0 Å². The molecule has 0 aliphatic carbocycles. The Bertz CT molecular complexity index is 698. The molecule has 1 atom stereocenters. The molecule has 26 heavy (non-hydrogen) atoms. The number of imidazole rings is 1. The highest BCUT2D eigenvalue weighted by Gasteiger charge is 2.24. The summed E-state index contributed by atoms with van der Waals surface area (Å²) >= 11 is 0. The second-order valence-corrected chi connectivity index (χ2v) is 6.78. The van der Waals surface area contributed by atoms with Crippen LogP contribution in [0.1, 0.15) is 24.5 Å². The number of aromatic nitrogens is 2. The summed E-state index contributed by atoms with van der Waals surface area (Å²) < 4.78 is 7.38. The minimum absolute atomic E-state index is 0.599. The second kappa shape index (κ2) is 9.38. The van der Waals surface area contributed by atoms with E-state index in [9.17, 15) is 0 Å². The molecule has 6 nitrogen and oxygen atoms in total. The summed E-state index contributed by atoms with van der Waals surface area (Å²) in [6.07, 6.45) is 6.80. The Morgan fingerprint density at radius 1 is 1.38 bits per heavy atom. The molecular formula is C20H29N5O. The predicted octanol–water partition coefficient (Wildman–Crippen LogP) is 2.37. The molecule has 1 saturated heterocycles. The Labute approximate surface area is 155 Å². The van der Waals surface area contributed by atoms with Gasteiger partial charge in [0.25, 0.3) is 0 Å². The number of hydrogen-bond acceptors (Lipinski definition) is 3. The molecule has 0 saturated carbocycles. The molecule has 140 valence electrons. The average molecular weight is 355 g/mol. The second-order valence-electron chi connectivity index (χ2n) is 6.78. The van der Waals surface area contributed by atoms with Crippen molar-refractivity contribution in [2.24, 2.45) is 10.9 Å². The van der Waals surface area contributed by atoms with Crippen LogP contribution in [0.25, 0.3) is 0 Å². The topological polar surface area (TPSA) is 54.7 Å². The number of methoxy groups -OCH3 is 1. The van der Waals surface area contributed by atoms with Crippen molar-refractivity contribution in [1.82, 2.24) is 19.8 Å². The molecule has 0 radical (unpaired) electrons. The number of aliphatic imine (C=N–C) groups is 1. The van der Waals surface area contributed by atoms with Gasteiger partial charge in [0.15, 0.2) is 5.96 Å². The van der Waals surface area contributed by atoms with Crippen LogP contribution in [0.3, 0.4) is 0 Å². The first-order chi connectivity index (χ1) is 12.8. The van der Waals surface area contributed by atoms with Gasteiger partial charge in [-0.3, -0.25) is 0 Å². The van der Waals surface area contributed by atoms with Crippen LogP contribution in [0.2, 0.25) is 0 Å². The van der Waals surface area contributed by atoms with Crippen LogP contribution in [-0.2, 0) is 17.8 Å². The number of guanidine groups is 1. The van der Waals surface area contributed by atoms with Crippen molar-refractivity contribution >= 4 is 5.96 Å². The minimum Gasteiger partial charge on any atom is -0.384 e. The monoisotopic (exact) mass is 355 g/mol. The molecule has 1 unspecified atom stereocenters. The van der Waals surface area contributed by atoms with Gasteiger partial charge in [-0.2, -0.15) is 0 Å².